The summed E-state index contributed by atoms with van der Waals surface area (Å²) in [6.45, 7) is 9.34. The Morgan fingerprint density at radius 3 is 2.17 bits per heavy atom. The van der Waals surface area contributed by atoms with Gasteiger partial charge in [-0.15, -0.1) is 0 Å². The number of hydrogen-bond acceptors (Lipinski definition) is 2. The number of aliphatic hydroxyl groups is 1. The molecule has 0 saturated heterocycles. The second-order valence-corrected chi connectivity index (χ2v) is 5.73. The topological polar surface area (TPSA) is 49.3 Å². The molecule has 18 heavy (non-hydrogen) atoms. The highest BCUT2D eigenvalue weighted by molar-refractivity contribution is 5.95. The summed E-state index contributed by atoms with van der Waals surface area (Å²) in [5, 5.41) is 12.9. The van der Waals surface area contributed by atoms with E-state index in [9.17, 15) is 9.90 Å². The van der Waals surface area contributed by atoms with E-state index in [0.29, 0.717) is 0 Å². The summed E-state index contributed by atoms with van der Waals surface area (Å²) >= 11 is 0. The molecular formula is C15H23NO2. The van der Waals surface area contributed by atoms with Crippen LogP contribution in [0.25, 0.3) is 0 Å². The zero-order valence-electron chi connectivity index (χ0n) is 11.8. The van der Waals surface area contributed by atoms with E-state index in [4.69, 9.17) is 0 Å². The second kappa shape index (κ2) is 5.53. The first-order valence-corrected chi connectivity index (χ1v) is 6.31. The Bertz CT molecular complexity index is 407. The van der Waals surface area contributed by atoms with E-state index in [1.54, 1.807) is 13.8 Å². The van der Waals surface area contributed by atoms with Crippen molar-refractivity contribution in [1.29, 1.82) is 0 Å². The fraction of sp³-hybridized carbons (Fsp3) is 0.533. The van der Waals surface area contributed by atoms with E-state index >= 15 is 0 Å². The van der Waals surface area contributed by atoms with E-state index in [1.165, 1.54) is 0 Å². The number of amides is 1. The molecule has 0 spiro atoms. The van der Waals surface area contributed by atoms with Crippen molar-refractivity contribution in [2.24, 2.45) is 11.3 Å². The summed E-state index contributed by atoms with van der Waals surface area (Å²) < 4.78 is 0. The molecule has 0 aliphatic heterocycles. The van der Waals surface area contributed by atoms with Crippen molar-refractivity contribution >= 4 is 11.6 Å². The fourth-order valence-corrected chi connectivity index (χ4v) is 1.90. The maximum atomic E-state index is 12.2. The van der Waals surface area contributed by atoms with Crippen LogP contribution in [0.5, 0.6) is 0 Å². The number of aliphatic hydroxyl groups excluding tert-OH is 1. The first-order chi connectivity index (χ1) is 8.25. The van der Waals surface area contributed by atoms with Gasteiger partial charge in [0, 0.05) is 5.69 Å². The van der Waals surface area contributed by atoms with E-state index in [0.717, 1.165) is 11.3 Å². The molecule has 3 heteroatoms. The van der Waals surface area contributed by atoms with Gasteiger partial charge in [0.15, 0.2) is 0 Å². The number of carbonyl (C=O) groups is 1. The molecule has 1 aromatic rings. The number of benzene rings is 1. The minimum atomic E-state index is -0.806. The Hall–Kier alpha value is -1.35. The third kappa shape index (κ3) is 3.33. The number of rotatable bonds is 4. The molecule has 100 valence electrons. The molecule has 2 N–H and O–H groups in total. The van der Waals surface area contributed by atoms with Crippen molar-refractivity contribution in [2.75, 3.05) is 5.32 Å². The van der Waals surface area contributed by atoms with Gasteiger partial charge in [0.25, 0.3) is 0 Å². The standard InChI is InChI=1S/C15H23NO2/c1-10(2)13(17)15(4,5)14(18)16-12-8-6-11(3)7-9-12/h6-10,13,17H,1-5H3,(H,16,18)/t13-/m0/s1. The first kappa shape index (κ1) is 14.7. The molecule has 0 aliphatic carbocycles. The van der Waals surface area contributed by atoms with Gasteiger partial charge in [0.1, 0.15) is 0 Å². The van der Waals surface area contributed by atoms with Crippen LogP contribution in [0.15, 0.2) is 24.3 Å². The molecule has 0 saturated carbocycles. The lowest BCUT2D eigenvalue weighted by Crippen LogP contribution is -2.43. The van der Waals surface area contributed by atoms with Crippen molar-refractivity contribution in [3.8, 4) is 0 Å². The summed E-state index contributed by atoms with van der Waals surface area (Å²) in [6.07, 6.45) is -0.664. The molecule has 1 aromatic carbocycles. The minimum absolute atomic E-state index is 0.0452. The highest BCUT2D eigenvalue weighted by Gasteiger charge is 2.37. The zero-order chi connectivity index (χ0) is 13.9. The normalized spacial score (nSPS) is 13.5. The van der Waals surface area contributed by atoms with Gasteiger partial charge in [0.05, 0.1) is 11.5 Å². The van der Waals surface area contributed by atoms with Crippen LogP contribution in [0.1, 0.15) is 33.3 Å². The number of anilines is 1. The van der Waals surface area contributed by atoms with Gasteiger partial charge in [-0.05, 0) is 38.8 Å². The van der Waals surface area contributed by atoms with Crippen LogP contribution in [0.2, 0.25) is 0 Å². The lowest BCUT2D eigenvalue weighted by atomic mass is 9.80. The highest BCUT2D eigenvalue weighted by Crippen LogP contribution is 2.27. The number of hydrogen-bond donors (Lipinski definition) is 2. The van der Waals surface area contributed by atoms with Crippen molar-refractivity contribution < 1.29 is 9.90 Å². The third-order valence-electron chi connectivity index (χ3n) is 3.27. The smallest absolute Gasteiger partial charge is 0.232 e. The van der Waals surface area contributed by atoms with Crippen molar-refractivity contribution in [2.45, 2.75) is 40.7 Å². The molecule has 1 amide bonds. The molecular weight excluding hydrogens is 226 g/mol. The molecule has 1 rings (SSSR count). The fourth-order valence-electron chi connectivity index (χ4n) is 1.90. The van der Waals surface area contributed by atoms with Crippen LogP contribution >= 0.6 is 0 Å². The van der Waals surface area contributed by atoms with Crippen molar-refractivity contribution in [3.63, 3.8) is 0 Å². The molecule has 0 heterocycles. The minimum Gasteiger partial charge on any atom is -0.392 e. The molecule has 0 fully saturated rings. The predicted octanol–water partition coefficient (Wildman–Crippen LogP) is 2.98. The number of aryl methyl sites for hydroxylation is 1. The third-order valence-corrected chi connectivity index (χ3v) is 3.27. The van der Waals surface area contributed by atoms with Crippen LogP contribution in [-0.2, 0) is 4.79 Å². The predicted molar refractivity (Wildman–Crippen MR) is 74.4 cm³/mol. The average Bonchev–Trinajstić information content (AvgIpc) is 2.30. The van der Waals surface area contributed by atoms with Crippen LogP contribution in [0.3, 0.4) is 0 Å². The number of nitrogens with one attached hydrogen (secondary N) is 1. The number of carbonyl (C=O) groups excluding carboxylic acids is 1. The molecule has 3 nitrogen and oxygen atoms in total. The van der Waals surface area contributed by atoms with Crippen molar-refractivity contribution in [3.05, 3.63) is 29.8 Å². The monoisotopic (exact) mass is 249 g/mol. The van der Waals surface area contributed by atoms with Gasteiger partial charge in [0.2, 0.25) is 5.91 Å². The van der Waals surface area contributed by atoms with Gasteiger partial charge in [-0.25, -0.2) is 0 Å². The summed E-state index contributed by atoms with van der Waals surface area (Å²) in [4.78, 5) is 12.2. The van der Waals surface area contributed by atoms with Gasteiger partial charge >= 0.3 is 0 Å². The Kier molecular flexibility index (Phi) is 4.52. The Morgan fingerprint density at radius 1 is 1.22 bits per heavy atom. The van der Waals surface area contributed by atoms with E-state index in [1.807, 2.05) is 45.0 Å². The summed E-state index contributed by atoms with van der Waals surface area (Å²) in [5.41, 5.74) is 1.10. The Morgan fingerprint density at radius 2 is 1.72 bits per heavy atom. The van der Waals surface area contributed by atoms with Gasteiger partial charge in [-0.2, -0.15) is 0 Å². The van der Waals surface area contributed by atoms with Crippen LogP contribution in [0, 0.1) is 18.3 Å². The summed E-state index contributed by atoms with van der Waals surface area (Å²) in [6, 6.07) is 7.62. The Balaban J connectivity index is 2.78. The average molecular weight is 249 g/mol. The molecule has 0 radical (unpaired) electrons. The lowest BCUT2D eigenvalue weighted by Gasteiger charge is -2.31. The van der Waals surface area contributed by atoms with Crippen molar-refractivity contribution in [1.82, 2.24) is 0 Å². The van der Waals surface area contributed by atoms with E-state index in [2.05, 4.69) is 5.32 Å². The highest BCUT2D eigenvalue weighted by atomic mass is 16.3. The van der Waals surface area contributed by atoms with Gasteiger partial charge in [-0.3, -0.25) is 4.79 Å². The van der Waals surface area contributed by atoms with Gasteiger partial charge < -0.3 is 10.4 Å². The van der Waals surface area contributed by atoms with Crippen LogP contribution < -0.4 is 5.32 Å². The molecule has 0 aliphatic rings. The zero-order valence-corrected chi connectivity index (χ0v) is 11.8. The molecule has 0 bridgehead atoms. The van der Waals surface area contributed by atoms with E-state index < -0.39 is 11.5 Å². The lowest BCUT2D eigenvalue weighted by molar-refractivity contribution is -0.131. The maximum Gasteiger partial charge on any atom is 0.232 e. The largest absolute Gasteiger partial charge is 0.392 e. The molecule has 0 unspecified atom stereocenters. The van der Waals surface area contributed by atoms with Crippen LogP contribution in [-0.4, -0.2) is 17.1 Å². The summed E-state index contributed by atoms with van der Waals surface area (Å²) in [7, 11) is 0. The van der Waals surface area contributed by atoms with Gasteiger partial charge in [-0.1, -0.05) is 31.5 Å². The van der Waals surface area contributed by atoms with E-state index in [-0.39, 0.29) is 11.8 Å². The molecule has 0 aromatic heterocycles. The first-order valence-electron chi connectivity index (χ1n) is 6.31. The maximum absolute atomic E-state index is 12.2. The quantitative estimate of drug-likeness (QED) is 0.862. The second-order valence-electron chi connectivity index (χ2n) is 5.73. The summed E-state index contributed by atoms with van der Waals surface area (Å²) in [5.74, 6) is -0.115. The molecule has 1 atom stereocenters. The SMILES string of the molecule is Cc1ccc(NC(=O)C(C)(C)[C@@H](O)C(C)C)cc1. The Labute approximate surface area is 109 Å². The van der Waals surface area contributed by atoms with Crippen LogP contribution in [0.4, 0.5) is 5.69 Å².